The van der Waals surface area contributed by atoms with E-state index in [-0.39, 0.29) is 27.4 Å². The minimum atomic E-state index is -0.575. The Morgan fingerprint density at radius 1 is 1.10 bits per heavy atom. The minimum absolute atomic E-state index is 0.0271. The van der Waals surface area contributed by atoms with E-state index >= 15 is 0 Å². The van der Waals surface area contributed by atoms with Crippen LogP contribution >= 0.6 is 23.2 Å². The molecule has 6 nitrogen and oxygen atoms in total. The first-order chi connectivity index (χ1) is 14.8. The van der Waals surface area contributed by atoms with E-state index in [1.54, 1.807) is 18.2 Å². The van der Waals surface area contributed by atoms with Gasteiger partial charge in [-0.05, 0) is 42.7 Å². The van der Waals surface area contributed by atoms with Gasteiger partial charge in [-0.2, -0.15) is 0 Å². The van der Waals surface area contributed by atoms with Gasteiger partial charge in [-0.1, -0.05) is 53.0 Å². The maximum absolute atomic E-state index is 13.0. The lowest BCUT2D eigenvalue weighted by Gasteiger charge is -2.29. The van der Waals surface area contributed by atoms with Gasteiger partial charge in [0.2, 0.25) is 0 Å². The number of nitro benzene ring substituents is 1. The molecule has 0 atom stereocenters. The van der Waals surface area contributed by atoms with Crippen LogP contribution in [0.3, 0.4) is 0 Å². The van der Waals surface area contributed by atoms with Gasteiger partial charge in [0.1, 0.15) is 5.75 Å². The van der Waals surface area contributed by atoms with Crippen LogP contribution in [0.25, 0.3) is 0 Å². The van der Waals surface area contributed by atoms with Crippen LogP contribution in [0.2, 0.25) is 10.0 Å². The maximum Gasteiger partial charge on any atom is 0.272 e. The molecule has 4 rings (SSSR count). The summed E-state index contributed by atoms with van der Waals surface area (Å²) in [5, 5.41) is 11.0. The number of carbonyl (C=O) groups is 1. The number of nitro groups is 1. The highest BCUT2D eigenvalue weighted by atomic mass is 35.5. The van der Waals surface area contributed by atoms with E-state index in [2.05, 4.69) is 6.07 Å². The Hall–Kier alpha value is -3.09. The van der Waals surface area contributed by atoms with Crippen molar-refractivity contribution in [2.24, 2.45) is 0 Å². The van der Waals surface area contributed by atoms with Gasteiger partial charge < -0.3 is 9.64 Å². The smallest absolute Gasteiger partial charge is 0.272 e. The second-order valence-electron chi connectivity index (χ2n) is 7.38. The molecule has 1 aliphatic heterocycles. The molecule has 1 aliphatic rings. The fraction of sp³-hybridized carbons (Fsp3) is 0.174. The van der Waals surface area contributed by atoms with E-state index in [1.807, 2.05) is 30.0 Å². The molecule has 0 unspecified atom stereocenters. The van der Waals surface area contributed by atoms with Crippen molar-refractivity contribution >= 4 is 34.8 Å². The van der Waals surface area contributed by atoms with Gasteiger partial charge in [-0.15, -0.1) is 0 Å². The Bertz CT molecular complexity index is 1170. The molecule has 0 saturated heterocycles. The lowest BCUT2D eigenvalue weighted by atomic mass is 9.98. The predicted octanol–water partition coefficient (Wildman–Crippen LogP) is 6.20. The summed E-state index contributed by atoms with van der Waals surface area (Å²) in [5.74, 6) is 0.564. The molecule has 1 amide bonds. The third kappa shape index (κ3) is 4.50. The van der Waals surface area contributed by atoms with Crippen molar-refractivity contribution in [1.82, 2.24) is 4.90 Å². The molecule has 8 heteroatoms. The molecule has 31 heavy (non-hydrogen) atoms. The topological polar surface area (TPSA) is 72.7 Å². The molecule has 0 fully saturated rings. The number of rotatable bonds is 5. The number of fused-ring (bicyclic) bond motifs is 1. The molecule has 0 aliphatic carbocycles. The van der Waals surface area contributed by atoms with E-state index in [9.17, 15) is 14.9 Å². The number of amides is 1. The molecule has 0 aromatic heterocycles. The molecule has 3 aromatic rings. The number of hydrogen-bond acceptors (Lipinski definition) is 4. The van der Waals surface area contributed by atoms with Crippen LogP contribution in [0.5, 0.6) is 11.5 Å². The molecular weight excluding hydrogens is 439 g/mol. The number of aryl methyl sites for hydroxylation is 1. The Morgan fingerprint density at radius 2 is 1.84 bits per heavy atom. The zero-order valence-electron chi connectivity index (χ0n) is 16.6. The summed E-state index contributed by atoms with van der Waals surface area (Å²) >= 11 is 12.3. The van der Waals surface area contributed by atoms with Crippen molar-refractivity contribution < 1.29 is 14.5 Å². The average molecular weight is 457 g/mol. The summed E-state index contributed by atoms with van der Waals surface area (Å²) < 4.78 is 5.80. The van der Waals surface area contributed by atoms with Crippen molar-refractivity contribution in [1.29, 1.82) is 0 Å². The second-order valence-corrected chi connectivity index (χ2v) is 8.20. The number of halogens is 2. The average Bonchev–Trinajstić information content (AvgIpc) is 2.72. The van der Waals surface area contributed by atoms with Crippen molar-refractivity contribution in [2.75, 3.05) is 6.54 Å². The number of hydrogen-bond donors (Lipinski definition) is 0. The zero-order valence-corrected chi connectivity index (χ0v) is 18.1. The van der Waals surface area contributed by atoms with Crippen LogP contribution in [-0.2, 0) is 13.0 Å². The summed E-state index contributed by atoms with van der Waals surface area (Å²) in [6, 6.07) is 15.7. The fourth-order valence-corrected chi connectivity index (χ4v) is 4.18. The lowest BCUT2D eigenvalue weighted by Crippen LogP contribution is -2.37. The number of carbonyl (C=O) groups excluding carboxylic acids is 1. The molecule has 0 radical (unpaired) electrons. The van der Waals surface area contributed by atoms with Crippen LogP contribution in [0.4, 0.5) is 5.69 Å². The van der Waals surface area contributed by atoms with E-state index in [4.69, 9.17) is 27.9 Å². The van der Waals surface area contributed by atoms with Crippen LogP contribution < -0.4 is 4.74 Å². The van der Waals surface area contributed by atoms with Gasteiger partial charge >= 0.3 is 0 Å². The quantitative estimate of drug-likeness (QED) is 0.338. The summed E-state index contributed by atoms with van der Waals surface area (Å²) in [6.07, 6.45) is 0.686. The zero-order chi connectivity index (χ0) is 22.1. The van der Waals surface area contributed by atoms with Crippen molar-refractivity contribution in [3.05, 3.63) is 97.0 Å². The van der Waals surface area contributed by atoms with Gasteiger partial charge in [-0.3, -0.25) is 14.9 Å². The summed E-state index contributed by atoms with van der Waals surface area (Å²) in [6.45, 7) is 3.19. The van der Waals surface area contributed by atoms with E-state index in [1.165, 1.54) is 12.1 Å². The molecule has 0 bridgehead atoms. The van der Waals surface area contributed by atoms with E-state index in [0.717, 1.165) is 16.7 Å². The standard InChI is InChI=1S/C23H18Cl2N2O4/c1-14-3-2-4-15(9-14)13-26-8-7-16-10-18(5-6-19(16)23(26)28)31-22-20(24)11-17(27(29)30)12-21(22)25/h2-6,9-12H,7-8,13H2,1H3. The SMILES string of the molecule is Cc1cccc(CN2CCc3cc(Oc4c(Cl)cc([N+](=O)[O-])cc4Cl)ccc3C2=O)c1. The first-order valence-corrected chi connectivity index (χ1v) is 10.4. The van der Waals surface area contributed by atoms with Gasteiger partial charge in [0.25, 0.3) is 11.6 Å². The first-order valence-electron chi connectivity index (χ1n) is 9.61. The van der Waals surface area contributed by atoms with Gasteiger partial charge in [0.05, 0.1) is 15.0 Å². The number of benzene rings is 3. The molecule has 1 heterocycles. The monoisotopic (exact) mass is 456 g/mol. The second kappa shape index (κ2) is 8.57. The molecule has 0 saturated carbocycles. The molecule has 3 aromatic carbocycles. The molecule has 158 valence electrons. The van der Waals surface area contributed by atoms with Crippen LogP contribution in [0.15, 0.2) is 54.6 Å². The molecular formula is C23H18Cl2N2O4. The molecule has 0 N–H and O–H groups in total. The number of ether oxygens (including phenoxy) is 1. The van der Waals surface area contributed by atoms with Gasteiger partial charge in [0.15, 0.2) is 5.75 Å². The van der Waals surface area contributed by atoms with Crippen molar-refractivity contribution in [3.63, 3.8) is 0 Å². The highest BCUT2D eigenvalue weighted by molar-refractivity contribution is 6.37. The van der Waals surface area contributed by atoms with E-state index in [0.29, 0.717) is 30.8 Å². The van der Waals surface area contributed by atoms with Crippen LogP contribution in [0.1, 0.15) is 27.0 Å². The van der Waals surface area contributed by atoms with Gasteiger partial charge in [-0.25, -0.2) is 0 Å². The largest absolute Gasteiger partial charge is 0.454 e. The third-order valence-electron chi connectivity index (χ3n) is 5.12. The predicted molar refractivity (Wildman–Crippen MR) is 119 cm³/mol. The van der Waals surface area contributed by atoms with Crippen LogP contribution in [0, 0.1) is 17.0 Å². The Kier molecular flexibility index (Phi) is 5.85. The Morgan fingerprint density at radius 3 is 2.52 bits per heavy atom. The van der Waals surface area contributed by atoms with Gasteiger partial charge in [0, 0.05) is 30.8 Å². The normalized spacial score (nSPS) is 13.1. The highest BCUT2D eigenvalue weighted by Gasteiger charge is 2.25. The van der Waals surface area contributed by atoms with Crippen LogP contribution in [-0.4, -0.2) is 22.3 Å². The summed E-state index contributed by atoms with van der Waals surface area (Å²) in [5.41, 5.74) is 3.54. The molecule has 0 spiro atoms. The lowest BCUT2D eigenvalue weighted by molar-refractivity contribution is -0.384. The van der Waals surface area contributed by atoms with E-state index < -0.39 is 4.92 Å². The maximum atomic E-state index is 13.0. The van der Waals surface area contributed by atoms with Crippen molar-refractivity contribution in [2.45, 2.75) is 19.9 Å². The summed E-state index contributed by atoms with van der Waals surface area (Å²) in [7, 11) is 0. The minimum Gasteiger partial charge on any atom is -0.454 e. The summed E-state index contributed by atoms with van der Waals surface area (Å²) in [4.78, 5) is 25.2. The third-order valence-corrected chi connectivity index (χ3v) is 5.68. The first kappa shape index (κ1) is 21.2. The number of nitrogens with zero attached hydrogens (tertiary/aromatic N) is 2. The Balaban J connectivity index is 1.54. The fourth-order valence-electron chi connectivity index (χ4n) is 3.63. The highest BCUT2D eigenvalue weighted by Crippen LogP contribution is 2.40. The number of non-ortho nitro benzene ring substituents is 1. The van der Waals surface area contributed by atoms with Crippen molar-refractivity contribution in [3.8, 4) is 11.5 Å². The Labute approximate surface area is 189 Å².